The van der Waals surface area contributed by atoms with Crippen molar-refractivity contribution in [3.05, 3.63) is 47.5 Å². The second-order valence-corrected chi connectivity index (χ2v) is 4.49. The van der Waals surface area contributed by atoms with Crippen LogP contribution in [-0.2, 0) is 0 Å². The molecule has 0 aromatic heterocycles. The van der Waals surface area contributed by atoms with E-state index in [1.165, 1.54) is 0 Å². The highest BCUT2D eigenvalue weighted by Crippen LogP contribution is 2.32. The predicted octanol–water partition coefficient (Wildman–Crippen LogP) is 4.15. The summed E-state index contributed by atoms with van der Waals surface area (Å²) in [5.74, 6) is 2.87. The molecule has 104 valence electrons. The van der Waals surface area contributed by atoms with E-state index < -0.39 is 0 Å². The maximum absolute atomic E-state index is 5.96. The van der Waals surface area contributed by atoms with Gasteiger partial charge in [-0.05, 0) is 30.7 Å². The lowest BCUT2D eigenvalue weighted by atomic mass is 10.2. The van der Waals surface area contributed by atoms with Gasteiger partial charge in [0.15, 0.2) is 0 Å². The molecule has 4 heteroatoms. The molecule has 0 atom stereocenters. The Kier molecular flexibility index (Phi) is 4.58. The van der Waals surface area contributed by atoms with Crippen LogP contribution in [0.5, 0.6) is 23.0 Å². The van der Waals surface area contributed by atoms with Gasteiger partial charge in [0.05, 0.1) is 14.2 Å². The van der Waals surface area contributed by atoms with E-state index in [-0.39, 0.29) is 0 Å². The van der Waals surface area contributed by atoms with Crippen LogP contribution in [0.4, 0.5) is 0 Å². The topological polar surface area (TPSA) is 27.7 Å². The van der Waals surface area contributed by atoms with E-state index in [1.807, 2.05) is 43.3 Å². The van der Waals surface area contributed by atoms with Crippen molar-refractivity contribution in [3.63, 3.8) is 0 Å². The zero-order valence-corrected chi connectivity index (χ0v) is 12.5. The number of hydrogen-bond donors (Lipinski definition) is 0. The molecule has 0 saturated carbocycles. The van der Waals surface area contributed by atoms with E-state index in [4.69, 9.17) is 26.4 Å². The highest BCUT2D eigenvalue weighted by atomic mass is 32.1. The summed E-state index contributed by atoms with van der Waals surface area (Å²) in [7, 11) is 3.25. The Morgan fingerprint density at radius 2 is 1.50 bits per heavy atom. The molecule has 0 radical (unpaired) electrons. The Hall–Kier alpha value is -2.07. The number of ether oxygens (including phenoxy) is 3. The highest BCUT2D eigenvalue weighted by molar-refractivity contribution is 7.79. The maximum atomic E-state index is 5.96. The van der Waals surface area contributed by atoms with E-state index in [2.05, 4.69) is 0 Å². The van der Waals surface area contributed by atoms with Gasteiger partial charge < -0.3 is 14.2 Å². The molecule has 0 N–H and O–H groups in total. The fourth-order valence-corrected chi connectivity index (χ4v) is 1.96. The van der Waals surface area contributed by atoms with E-state index in [0.29, 0.717) is 5.75 Å². The van der Waals surface area contributed by atoms with Crippen LogP contribution >= 0.6 is 12.2 Å². The minimum atomic E-state index is 0.663. The Morgan fingerprint density at radius 1 is 0.900 bits per heavy atom. The molecule has 0 aliphatic rings. The molecular weight excluding hydrogens is 272 g/mol. The van der Waals surface area contributed by atoms with Gasteiger partial charge in [-0.1, -0.05) is 18.3 Å². The van der Waals surface area contributed by atoms with Crippen LogP contribution in [0.1, 0.15) is 11.1 Å². The quantitative estimate of drug-likeness (QED) is 0.772. The third kappa shape index (κ3) is 3.08. The summed E-state index contributed by atoms with van der Waals surface area (Å²) in [6, 6.07) is 11.2. The maximum Gasteiger partial charge on any atom is 0.139 e. The van der Waals surface area contributed by atoms with E-state index >= 15 is 0 Å². The second kappa shape index (κ2) is 6.39. The summed E-state index contributed by atoms with van der Waals surface area (Å²) < 4.78 is 16.4. The fraction of sp³-hybridized carbons (Fsp3) is 0.188. The Morgan fingerprint density at radius 3 is 2.10 bits per heavy atom. The average Bonchev–Trinajstić information content (AvgIpc) is 2.49. The van der Waals surface area contributed by atoms with Crippen molar-refractivity contribution in [2.24, 2.45) is 0 Å². The third-order valence-electron chi connectivity index (χ3n) is 2.96. The second-order valence-electron chi connectivity index (χ2n) is 4.26. The molecule has 2 aromatic carbocycles. The number of methoxy groups -OCH3 is 2. The van der Waals surface area contributed by atoms with Gasteiger partial charge in [-0.3, -0.25) is 0 Å². The van der Waals surface area contributed by atoms with Crippen molar-refractivity contribution in [1.82, 2.24) is 0 Å². The summed E-state index contributed by atoms with van der Waals surface area (Å²) in [5.41, 5.74) is 1.85. The summed E-state index contributed by atoms with van der Waals surface area (Å²) >= 11 is 5.01. The first kappa shape index (κ1) is 14.3. The molecule has 0 spiro atoms. The van der Waals surface area contributed by atoms with E-state index in [1.54, 1.807) is 19.6 Å². The van der Waals surface area contributed by atoms with Gasteiger partial charge in [-0.2, -0.15) is 0 Å². The van der Waals surface area contributed by atoms with Crippen LogP contribution in [0, 0.1) is 6.92 Å². The molecule has 20 heavy (non-hydrogen) atoms. The summed E-state index contributed by atoms with van der Waals surface area (Å²) in [6.45, 7) is 1.98. The summed E-state index contributed by atoms with van der Waals surface area (Å²) in [6.07, 6.45) is 0. The van der Waals surface area contributed by atoms with Crippen LogP contribution in [0.3, 0.4) is 0 Å². The molecule has 3 nitrogen and oxygen atoms in total. The Labute approximate surface area is 124 Å². The van der Waals surface area contributed by atoms with Crippen molar-refractivity contribution in [1.29, 1.82) is 0 Å². The first-order chi connectivity index (χ1) is 9.67. The van der Waals surface area contributed by atoms with Crippen molar-refractivity contribution in [2.75, 3.05) is 14.2 Å². The van der Waals surface area contributed by atoms with Crippen molar-refractivity contribution in [3.8, 4) is 23.0 Å². The molecule has 0 aliphatic heterocycles. The van der Waals surface area contributed by atoms with Gasteiger partial charge in [0.1, 0.15) is 23.0 Å². The summed E-state index contributed by atoms with van der Waals surface area (Å²) in [4.78, 5) is 0. The van der Waals surface area contributed by atoms with Gasteiger partial charge in [-0.25, -0.2) is 0 Å². The molecule has 0 amide bonds. The van der Waals surface area contributed by atoms with E-state index in [9.17, 15) is 0 Å². The normalized spacial score (nSPS) is 9.95. The van der Waals surface area contributed by atoms with Crippen LogP contribution in [0.2, 0.25) is 0 Å². The predicted molar refractivity (Wildman–Crippen MR) is 83.6 cm³/mol. The lowest BCUT2D eigenvalue weighted by Gasteiger charge is -2.13. The minimum absolute atomic E-state index is 0.663. The standard InChI is InChI=1S/C16H16O3S/c1-11-4-6-13(17-2)8-15(11)19-16-9-14(18-3)7-5-12(16)10-20/h4-10H,1-3H3. The third-order valence-corrected chi connectivity index (χ3v) is 3.22. The minimum Gasteiger partial charge on any atom is -0.497 e. The lowest BCUT2D eigenvalue weighted by molar-refractivity contribution is 0.403. The van der Waals surface area contributed by atoms with Crippen LogP contribution in [0.25, 0.3) is 0 Å². The molecule has 0 unspecified atom stereocenters. The number of benzene rings is 2. The number of rotatable bonds is 5. The SMILES string of the molecule is COc1ccc(C)c(Oc2cc(OC)ccc2C=S)c1. The van der Waals surface area contributed by atoms with Crippen LogP contribution in [0.15, 0.2) is 36.4 Å². The van der Waals surface area contributed by atoms with Gasteiger partial charge in [0.25, 0.3) is 0 Å². The molecule has 0 saturated heterocycles. The van der Waals surface area contributed by atoms with Crippen molar-refractivity contribution >= 4 is 17.6 Å². The zero-order chi connectivity index (χ0) is 14.5. The first-order valence-electron chi connectivity index (χ1n) is 6.13. The molecule has 2 aromatic rings. The van der Waals surface area contributed by atoms with Crippen LogP contribution in [-0.4, -0.2) is 19.6 Å². The smallest absolute Gasteiger partial charge is 0.139 e. The first-order valence-corrected chi connectivity index (χ1v) is 6.60. The zero-order valence-electron chi connectivity index (χ0n) is 11.7. The average molecular weight is 288 g/mol. The monoisotopic (exact) mass is 288 g/mol. The number of aryl methyl sites for hydroxylation is 1. The van der Waals surface area contributed by atoms with Crippen LogP contribution < -0.4 is 14.2 Å². The van der Waals surface area contributed by atoms with E-state index in [0.717, 1.165) is 28.4 Å². The van der Waals surface area contributed by atoms with Gasteiger partial charge in [0.2, 0.25) is 0 Å². The van der Waals surface area contributed by atoms with Gasteiger partial charge in [-0.15, -0.1) is 0 Å². The number of thiocarbonyl (C=S) groups is 1. The van der Waals surface area contributed by atoms with Gasteiger partial charge in [0, 0.05) is 23.1 Å². The van der Waals surface area contributed by atoms with Crippen molar-refractivity contribution < 1.29 is 14.2 Å². The Balaban J connectivity index is 2.40. The summed E-state index contributed by atoms with van der Waals surface area (Å²) in [5, 5.41) is 1.59. The highest BCUT2D eigenvalue weighted by Gasteiger charge is 2.08. The van der Waals surface area contributed by atoms with Crippen molar-refractivity contribution in [2.45, 2.75) is 6.92 Å². The molecule has 0 bridgehead atoms. The largest absolute Gasteiger partial charge is 0.497 e. The molecule has 2 rings (SSSR count). The number of hydrogen-bond acceptors (Lipinski definition) is 4. The molecule has 0 heterocycles. The fourth-order valence-electron chi connectivity index (χ4n) is 1.76. The van der Waals surface area contributed by atoms with Gasteiger partial charge >= 0.3 is 0 Å². The molecular formula is C16H16O3S. The molecule has 0 fully saturated rings. The Bertz CT molecular complexity index is 623. The molecule has 0 aliphatic carbocycles. The lowest BCUT2D eigenvalue weighted by Crippen LogP contribution is -1.94.